The van der Waals surface area contributed by atoms with Crippen LogP contribution in [0.1, 0.15) is 5.56 Å². The number of benzene rings is 3. The van der Waals surface area contributed by atoms with Crippen molar-refractivity contribution in [1.82, 2.24) is 9.97 Å². The number of para-hydroxylation sites is 2. The molecule has 0 atom stereocenters. The van der Waals surface area contributed by atoms with Gasteiger partial charge in [-0.1, -0.05) is 18.2 Å². The number of aromatic nitrogens is 2. The summed E-state index contributed by atoms with van der Waals surface area (Å²) >= 11 is 0. The number of rotatable bonds is 3. The fourth-order valence-electron chi connectivity index (χ4n) is 2.57. The summed E-state index contributed by atoms with van der Waals surface area (Å²) in [4.78, 5) is 11.9. The SMILES string of the molecule is Fc1cccc(F)c1C=Nc1ccc(-c2nc3ccccc3[nH]2)cc1. The molecule has 0 aliphatic heterocycles. The fourth-order valence-corrected chi connectivity index (χ4v) is 2.57. The molecule has 0 bridgehead atoms. The Morgan fingerprint density at radius 1 is 0.840 bits per heavy atom. The van der Waals surface area contributed by atoms with Crippen LogP contribution in [0.3, 0.4) is 0 Å². The monoisotopic (exact) mass is 333 g/mol. The predicted octanol–water partition coefficient (Wildman–Crippen LogP) is 5.26. The van der Waals surface area contributed by atoms with Crippen LogP contribution in [0.5, 0.6) is 0 Å². The molecule has 0 radical (unpaired) electrons. The molecule has 0 unspecified atom stereocenters. The van der Waals surface area contributed by atoms with E-state index in [-0.39, 0.29) is 5.56 Å². The Bertz CT molecular complexity index is 1010. The van der Waals surface area contributed by atoms with Crippen molar-refractivity contribution >= 4 is 22.9 Å². The van der Waals surface area contributed by atoms with Gasteiger partial charge in [0.2, 0.25) is 0 Å². The van der Waals surface area contributed by atoms with E-state index >= 15 is 0 Å². The van der Waals surface area contributed by atoms with Crippen molar-refractivity contribution in [3.05, 3.63) is 83.9 Å². The summed E-state index contributed by atoms with van der Waals surface area (Å²) in [6.45, 7) is 0. The highest BCUT2D eigenvalue weighted by molar-refractivity contribution is 5.83. The highest BCUT2D eigenvalue weighted by Gasteiger charge is 2.06. The number of halogens is 2. The molecule has 0 saturated heterocycles. The number of imidazole rings is 1. The summed E-state index contributed by atoms with van der Waals surface area (Å²) < 4.78 is 27.2. The fraction of sp³-hybridized carbons (Fsp3) is 0. The minimum atomic E-state index is -0.636. The van der Waals surface area contributed by atoms with E-state index in [1.165, 1.54) is 24.4 Å². The molecule has 0 amide bonds. The zero-order valence-electron chi connectivity index (χ0n) is 13.1. The van der Waals surface area contributed by atoms with Gasteiger partial charge in [0.1, 0.15) is 17.5 Å². The summed E-state index contributed by atoms with van der Waals surface area (Å²) in [5.41, 5.74) is 3.22. The second kappa shape index (κ2) is 6.28. The van der Waals surface area contributed by atoms with Gasteiger partial charge >= 0.3 is 0 Å². The molecule has 0 spiro atoms. The van der Waals surface area contributed by atoms with Crippen molar-refractivity contribution in [1.29, 1.82) is 0 Å². The minimum Gasteiger partial charge on any atom is -0.338 e. The molecule has 25 heavy (non-hydrogen) atoms. The summed E-state index contributed by atoms with van der Waals surface area (Å²) in [7, 11) is 0. The van der Waals surface area contributed by atoms with Gasteiger partial charge in [0.05, 0.1) is 22.3 Å². The largest absolute Gasteiger partial charge is 0.338 e. The van der Waals surface area contributed by atoms with Crippen LogP contribution in [-0.4, -0.2) is 16.2 Å². The van der Waals surface area contributed by atoms with Gasteiger partial charge in [-0.05, 0) is 48.5 Å². The molecule has 0 saturated carbocycles. The molecule has 1 heterocycles. The molecule has 3 aromatic carbocycles. The zero-order valence-corrected chi connectivity index (χ0v) is 13.1. The standard InChI is InChI=1S/C20H13F2N3/c21-16-4-3-5-17(22)15(16)12-23-14-10-8-13(9-11-14)20-24-18-6-1-2-7-19(18)25-20/h1-12H,(H,24,25). The van der Waals surface area contributed by atoms with Crippen molar-refractivity contribution in [2.45, 2.75) is 0 Å². The van der Waals surface area contributed by atoms with Crippen molar-refractivity contribution in [2.75, 3.05) is 0 Å². The maximum Gasteiger partial charge on any atom is 0.138 e. The van der Waals surface area contributed by atoms with Gasteiger partial charge in [-0.25, -0.2) is 13.8 Å². The van der Waals surface area contributed by atoms with Crippen molar-refractivity contribution in [3.63, 3.8) is 0 Å². The first-order valence-electron chi connectivity index (χ1n) is 7.74. The van der Waals surface area contributed by atoms with Gasteiger partial charge in [0, 0.05) is 11.8 Å². The lowest BCUT2D eigenvalue weighted by Gasteiger charge is -2.00. The third-order valence-electron chi connectivity index (χ3n) is 3.87. The zero-order chi connectivity index (χ0) is 17.2. The van der Waals surface area contributed by atoms with Gasteiger partial charge in [0.15, 0.2) is 0 Å². The predicted molar refractivity (Wildman–Crippen MR) is 95.1 cm³/mol. The summed E-state index contributed by atoms with van der Waals surface area (Å²) in [5.74, 6) is -0.512. The smallest absolute Gasteiger partial charge is 0.138 e. The second-order valence-electron chi connectivity index (χ2n) is 5.54. The molecular weight excluding hydrogens is 320 g/mol. The number of hydrogen-bond donors (Lipinski definition) is 1. The number of nitrogens with zero attached hydrogens (tertiary/aromatic N) is 2. The number of fused-ring (bicyclic) bond motifs is 1. The maximum absolute atomic E-state index is 13.6. The summed E-state index contributed by atoms with van der Waals surface area (Å²) in [5, 5.41) is 0. The molecule has 122 valence electrons. The summed E-state index contributed by atoms with van der Waals surface area (Å²) in [6, 6.07) is 18.8. The number of nitrogens with one attached hydrogen (secondary N) is 1. The van der Waals surface area contributed by atoms with Crippen LogP contribution >= 0.6 is 0 Å². The molecule has 1 N–H and O–H groups in total. The minimum absolute atomic E-state index is 0.149. The Morgan fingerprint density at radius 2 is 1.56 bits per heavy atom. The van der Waals surface area contributed by atoms with Gasteiger partial charge in [-0.2, -0.15) is 0 Å². The van der Waals surface area contributed by atoms with E-state index in [4.69, 9.17) is 0 Å². The quantitative estimate of drug-likeness (QED) is 0.511. The Hall–Kier alpha value is -3.34. The van der Waals surface area contributed by atoms with Gasteiger partial charge in [0.25, 0.3) is 0 Å². The Labute approximate surface area is 142 Å². The first kappa shape index (κ1) is 15.2. The topological polar surface area (TPSA) is 41.0 Å². The molecule has 3 nitrogen and oxygen atoms in total. The van der Waals surface area contributed by atoms with Crippen LogP contribution in [0.2, 0.25) is 0 Å². The number of aliphatic imine (C=N–C) groups is 1. The number of H-pyrrole nitrogens is 1. The Morgan fingerprint density at radius 3 is 2.28 bits per heavy atom. The van der Waals surface area contributed by atoms with Crippen LogP contribution in [0.4, 0.5) is 14.5 Å². The molecule has 4 aromatic rings. The molecule has 0 aliphatic rings. The van der Waals surface area contributed by atoms with Crippen molar-refractivity contribution < 1.29 is 8.78 Å². The van der Waals surface area contributed by atoms with E-state index in [1.807, 2.05) is 36.4 Å². The maximum atomic E-state index is 13.6. The van der Waals surface area contributed by atoms with Crippen LogP contribution in [0, 0.1) is 11.6 Å². The van der Waals surface area contributed by atoms with Crippen molar-refractivity contribution in [3.8, 4) is 11.4 Å². The van der Waals surface area contributed by atoms with Crippen LogP contribution in [0.15, 0.2) is 71.7 Å². The first-order valence-corrected chi connectivity index (χ1v) is 7.74. The number of aromatic amines is 1. The summed E-state index contributed by atoms with van der Waals surface area (Å²) in [6.07, 6.45) is 1.20. The van der Waals surface area contributed by atoms with E-state index in [1.54, 1.807) is 12.1 Å². The van der Waals surface area contributed by atoms with E-state index < -0.39 is 11.6 Å². The first-order chi connectivity index (χ1) is 12.2. The molecule has 0 aliphatic carbocycles. The van der Waals surface area contributed by atoms with Crippen LogP contribution in [0.25, 0.3) is 22.4 Å². The molecule has 1 aromatic heterocycles. The molecular formula is C20H13F2N3. The highest BCUT2D eigenvalue weighted by atomic mass is 19.1. The average molecular weight is 333 g/mol. The Balaban J connectivity index is 1.60. The van der Waals surface area contributed by atoms with Gasteiger partial charge in [-0.3, -0.25) is 4.99 Å². The lowest BCUT2D eigenvalue weighted by molar-refractivity contribution is 0.580. The van der Waals surface area contributed by atoms with E-state index in [2.05, 4.69) is 15.0 Å². The Kier molecular flexibility index (Phi) is 3.82. The third-order valence-corrected chi connectivity index (χ3v) is 3.87. The molecule has 4 rings (SSSR count). The second-order valence-corrected chi connectivity index (χ2v) is 5.54. The molecule has 0 fully saturated rings. The number of hydrogen-bond acceptors (Lipinski definition) is 2. The molecule has 5 heteroatoms. The van der Waals surface area contributed by atoms with Crippen LogP contribution in [-0.2, 0) is 0 Å². The lowest BCUT2D eigenvalue weighted by atomic mass is 10.2. The van der Waals surface area contributed by atoms with Gasteiger partial charge < -0.3 is 4.98 Å². The van der Waals surface area contributed by atoms with Crippen LogP contribution < -0.4 is 0 Å². The van der Waals surface area contributed by atoms with Crippen molar-refractivity contribution in [2.24, 2.45) is 4.99 Å². The average Bonchev–Trinajstić information content (AvgIpc) is 3.06. The highest BCUT2D eigenvalue weighted by Crippen LogP contribution is 2.23. The van der Waals surface area contributed by atoms with E-state index in [9.17, 15) is 8.78 Å². The normalized spacial score (nSPS) is 11.4. The third kappa shape index (κ3) is 3.04. The van der Waals surface area contributed by atoms with Gasteiger partial charge in [-0.15, -0.1) is 0 Å². The van der Waals surface area contributed by atoms with E-state index in [0.29, 0.717) is 5.69 Å². The van der Waals surface area contributed by atoms with E-state index in [0.717, 1.165) is 22.4 Å². The lowest BCUT2D eigenvalue weighted by Crippen LogP contribution is -1.92.